The Labute approximate surface area is 112 Å². The fraction of sp³-hybridized carbons (Fsp3) is 0.429. The van der Waals surface area contributed by atoms with Crippen LogP contribution in [0, 0.1) is 6.92 Å². The number of aliphatic carboxylic acids is 1. The summed E-state index contributed by atoms with van der Waals surface area (Å²) < 4.78 is 0. The third kappa shape index (κ3) is 2.86. The van der Waals surface area contributed by atoms with Crippen LogP contribution in [-0.2, 0) is 16.0 Å². The summed E-state index contributed by atoms with van der Waals surface area (Å²) >= 11 is 0. The van der Waals surface area contributed by atoms with Crippen molar-refractivity contribution < 1.29 is 14.7 Å². The average Bonchev–Trinajstić information content (AvgIpc) is 2.34. The third-order valence-corrected chi connectivity index (χ3v) is 3.35. The maximum absolute atomic E-state index is 12.1. The van der Waals surface area contributed by atoms with Gasteiger partial charge in [-0.05, 0) is 43.0 Å². The van der Waals surface area contributed by atoms with Gasteiger partial charge >= 0.3 is 5.97 Å². The lowest BCUT2D eigenvalue weighted by atomic mass is 9.97. The largest absolute Gasteiger partial charge is 0.481 e. The van der Waals surface area contributed by atoms with Crippen LogP contribution in [0.4, 0.5) is 11.4 Å². The van der Waals surface area contributed by atoms with Gasteiger partial charge in [0.05, 0.1) is 6.42 Å². The number of nitrogens with two attached hydrogens (primary N) is 1. The summed E-state index contributed by atoms with van der Waals surface area (Å²) in [5.41, 5.74) is 9.49. The van der Waals surface area contributed by atoms with Crippen molar-refractivity contribution in [1.29, 1.82) is 0 Å². The molecular weight excluding hydrogens is 244 g/mol. The van der Waals surface area contributed by atoms with Gasteiger partial charge in [-0.25, -0.2) is 0 Å². The lowest BCUT2D eigenvalue weighted by Crippen LogP contribution is -2.36. The molecular formula is C14H18N2O3. The Kier molecular flexibility index (Phi) is 3.74. The van der Waals surface area contributed by atoms with Gasteiger partial charge in [-0.3, -0.25) is 9.59 Å². The molecule has 0 aliphatic carbocycles. The first-order valence-electron chi connectivity index (χ1n) is 6.40. The molecule has 1 aromatic carbocycles. The van der Waals surface area contributed by atoms with Gasteiger partial charge in [0, 0.05) is 24.3 Å². The molecule has 2 rings (SSSR count). The van der Waals surface area contributed by atoms with Gasteiger partial charge in [0.25, 0.3) is 0 Å². The van der Waals surface area contributed by atoms with Crippen LogP contribution in [0.25, 0.3) is 0 Å². The Morgan fingerprint density at radius 2 is 2.11 bits per heavy atom. The standard InChI is InChI=1S/C14H18N2O3/c1-9-7-11(15)8-10-3-2-6-16(14(9)10)12(17)4-5-13(18)19/h7-8H,2-6,15H2,1H3,(H,18,19). The molecule has 0 spiro atoms. The first kappa shape index (κ1) is 13.4. The highest BCUT2D eigenvalue weighted by atomic mass is 16.4. The van der Waals surface area contributed by atoms with E-state index in [1.807, 2.05) is 19.1 Å². The van der Waals surface area contributed by atoms with Crippen LogP contribution >= 0.6 is 0 Å². The van der Waals surface area contributed by atoms with Crippen molar-refractivity contribution in [3.63, 3.8) is 0 Å². The molecule has 1 aromatic rings. The van der Waals surface area contributed by atoms with E-state index in [1.165, 1.54) is 0 Å². The third-order valence-electron chi connectivity index (χ3n) is 3.35. The number of nitrogen functional groups attached to an aromatic ring is 1. The Morgan fingerprint density at radius 1 is 1.37 bits per heavy atom. The minimum atomic E-state index is -0.945. The lowest BCUT2D eigenvalue weighted by molar-refractivity contribution is -0.138. The second-order valence-corrected chi connectivity index (χ2v) is 4.89. The molecule has 3 N–H and O–H groups in total. The molecule has 0 aromatic heterocycles. The van der Waals surface area contributed by atoms with Crippen molar-refractivity contribution in [1.82, 2.24) is 0 Å². The monoisotopic (exact) mass is 262 g/mol. The van der Waals surface area contributed by atoms with Crippen LogP contribution in [0.2, 0.25) is 0 Å². The molecule has 5 nitrogen and oxygen atoms in total. The highest BCUT2D eigenvalue weighted by Gasteiger charge is 2.24. The molecule has 0 atom stereocenters. The predicted octanol–water partition coefficient (Wildman–Crippen LogP) is 1.72. The molecule has 1 aliphatic rings. The Morgan fingerprint density at radius 3 is 2.79 bits per heavy atom. The first-order chi connectivity index (χ1) is 8.99. The number of hydrogen-bond acceptors (Lipinski definition) is 3. The molecule has 5 heteroatoms. The van der Waals surface area contributed by atoms with Crippen molar-refractivity contribution in [3.05, 3.63) is 23.3 Å². The van der Waals surface area contributed by atoms with Gasteiger partial charge in [-0.15, -0.1) is 0 Å². The molecule has 1 heterocycles. The number of carbonyl (C=O) groups is 2. The smallest absolute Gasteiger partial charge is 0.303 e. The molecule has 0 fully saturated rings. The summed E-state index contributed by atoms with van der Waals surface area (Å²) in [6, 6.07) is 3.75. The SMILES string of the molecule is Cc1cc(N)cc2c1N(C(=O)CCC(=O)O)CCC2. The quantitative estimate of drug-likeness (QED) is 0.812. The van der Waals surface area contributed by atoms with E-state index in [9.17, 15) is 9.59 Å². The molecule has 0 saturated heterocycles. The predicted molar refractivity (Wildman–Crippen MR) is 73.1 cm³/mol. The van der Waals surface area contributed by atoms with Crippen molar-refractivity contribution in [3.8, 4) is 0 Å². The van der Waals surface area contributed by atoms with Gasteiger partial charge in [-0.1, -0.05) is 0 Å². The van der Waals surface area contributed by atoms with E-state index >= 15 is 0 Å². The van der Waals surface area contributed by atoms with Crippen molar-refractivity contribution in [2.75, 3.05) is 17.2 Å². The number of carbonyl (C=O) groups excluding carboxylic acids is 1. The lowest BCUT2D eigenvalue weighted by Gasteiger charge is -2.31. The number of carboxylic acids is 1. The molecule has 0 bridgehead atoms. The summed E-state index contributed by atoms with van der Waals surface area (Å²) in [7, 11) is 0. The van der Waals surface area contributed by atoms with Gasteiger partial charge < -0.3 is 15.7 Å². The molecule has 0 radical (unpaired) electrons. The number of hydrogen-bond donors (Lipinski definition) is 2. The summed E-state index contributed by atoms with van der Waals surface area (Å²) in [5, 5.41) is 8.66. The van der Waals surface area contributed by atoms with Crippen LogP contribution in [0.1, 0.15) is 30.4 Å². The number of fused-ring (bicyclic) bond motifs is 1. The van der Waals surface area contributed by atoms with Gasteiger partial charge in [0.15, 0.2) is 0 Å². The zero-order chi connectivity index (χ0) is 14.0. The number of amides is 1. The number of anilines is 2. The number of carboxylic acid groups (broad SMARTS) is 1. The summed E-state index contributed by atoms with van der Waals surface area (Å²) in [4.78, 5) is 24.4. The van der Waals surface area contributed by atoms with E-state index in [-0.39, 0.29) is 18.7 Å². The normalized spacial score (nSPS) is 14.1. The minimum Gasteiger partial charge on any atom is -0.481 e. The highest BCUT2D eigenvalue weighted by Crippen LogP contribution is 2.33. The van der Waals surface area contributed by atoms with E-state index in [4.69, 9.17) is 10.8 Å². The Bertz CT molecular complexity index is 526. The van der Waals surface area contributed by atoms with Gasteiger partial charge in [-0.2, -0.15) is 0 Å². The van der Waals surface area contributed by atoms with Crippen LogP contribution in [0.5, 0.6) is 0 Å². The maximum atomic E-state index is 12.1. The van der Waals surface area contributed by atoms with Crippen LogP contribution in [-0.4, -0.2) is 23.5 Å². The van der Waals surface area contributed by atoms with E-state index in [0.29, 0.717) is 12.2 Å². The molecule has 19 heavy (non-hydrogen) atoms. The summed E-state index contributed by atoms with van der Waals surface area (Å²) in [6.45, 7) is 2.58. The highest BCUT2D eigenvalue weighted by molar-refractivity contribution is 5.97. The number of rotatable bonds is 3. The van der Waals surface area contributed by atoms with Crippen LogP contribution in [0.3, 0.4) is 0 Å². The fourth-order valence-electron chi connectivity index (χ4n) is 2.60. The van der Waals surface area contributed by atoms with Crippen molar-refractivity contribution >= 4 is 23.3 Å². The van der Waals surface area contributed by atoms with Gasteiger partial charge in [0.2, 0.25) is 5.91 Å². The summed E-state index contributed by atoms with van der Waals surface area (Å²) in [6.07, 6.45) is 1.70. The van der Waals surface area contributed by atoms with E-state index in [0.717, 1.165) is 29.7 Å². The summed E-state index contributed by atoms with van der Waals surface area (Å²) in [5.74, 6) is -1.07. The number of aryl methyl sites for hydroxylation is 2. The Hall–Kier alpha value is -2.04. The Balaban J connectivity index is 2.26. The maximum Gasteiger partial charge on any atom is 0.303 e. The van der Waals surface area contributed by atoms with E-state index in [1.54, 1.807) is 4.90 Å². The van der Waals surface area contributed by atoms with Crippen molar-refractivity contribution in [2.24, 2.45) is 0 Å². The first-order valence-corrected chi connectivity index (χ1v) is 6.40. The second-order valence-electron chi connectivity index (χ2n) is 4.89. The van der Waals surface area contributed by atoms with Crippen molar-refractivity contribution in [2.45, 2.75) is 32.6 Å². The van der Waals surface area contributed by atoms with Crippen LogP contribution in [0.15, 0.2) is 12.1 Å². The van der Waals surface area contributed by atoms with E-state index < -0.39 is 5.97 Å². The molecule has 0 saturated carbocycles. The molecule has 102 valence electrons. The van der Waals surface area contributed by atoms with E-state index in [2.05, 4.69) is 0 Å². The molecule has 1 amide bonds. The number of benzene rings is 1. The van der Waals surface area contributed by atoms with Gasteiger partial charge in [0.1, 0.15) is 0 Å². The average molecular weight is 262 g/mol. The zero-order valence-electron chi connectivity index (χ0n) is 11.0. The zero-order valence-corrected chi connectivity index (χ0v) is 11.0. The minimum absolute atomic E-state index is 0.0403. The number of nitrogens with zero attached hydrogens (tertiary/aromatic N) is 1. The van der Waals surface area contributed by atoms with Crippen LogP contribution < -0.4 is 10.6 Å². The molecule has 1 aliphatic heterocycles. The topological polar surface area (TPSA) is 83.6 Å². The fourth-order valence-corrected chi connectivity index (χ4v) is 2.60. The molecule has 0 unspecified atom stereocenters. The second kappa shape index (κ2) is 5.30.